The first kappa shape index (κ1) is 35.8. The van der Waals surface area contributed by atoms with Crippen LogP contribution < -0.4 is 4.74 Å². The predicted octanol–water partition coefficient (Wildman–Crippen LogP) is 8.91. The number of H-pyrrole nitrogens is 1. The molecule has 0 amide bonds. The molecule has 264 valence electrons. The van der Waals surface area contributed by atoms with E-state index in [1.54, 1.807) is 0 Å². The molecule has 0 aliphatic carbocycles. The molecule has 0 atom stereocenters. The summed E-state index contributed by atoms with van der Waals surface area (Å²) in [5.41, 5.74) is 5.77. The molecule has 1 aliphatic heterocycles. The number of aromatic amines is 1. The summed E-state index contributed by atoms with van der Waals surface area (Å²) < 4.78 is 68.9. The maximum Gasteiger partial charge on any atom is 0.416 e. The number of benzene rings is 4. The van der Waals surface area contributed by atoms with Crippen LogP contribution in [0.25, 0.3) is 22.4 Å². The van der Waals surface area contributed by atoms with Crippen molar-refractivity contribution in [2.75, 3.05) is 39.4 Å². The number of hydrogen-bond acceptors (Lipinski definition) is 7. The van der Waals surface area contributed by atoms with Crippen molar-refractivity contribution >= 4 is 18.6 Å². The molecule has 8 nitrogen and oxygen atoms in total. The molecule has 5 aromatic rings. The lowest BCUT2D eigenvalue weighted by molar-refractivity contribution is -0.137. The van der Waals surface area contributed by atoms with Crippen molar-refractivity contribution in [3.05, 3.63) is 119 Å². The third-order valence-electron chi connectivity index (χ3n) is 8.71. The molecule has 4 aromatic carbocycles. The molecular weight excluding hydrogens is 664 g/mol. The second kappa shape index (κ2) is 15.9. The SMILES string of the molecule is CCOP(=O)(Cc1ccc(COc2ccccc2CN2CCN(Cc3ccc4nc(-c5ccc(C(F)(F)F)cc5)[nH]c4c3)CC2)cc1)OCC. The van der Waals surface area contributed by atoms with Gasteiger partial charge in [0.15, 0.2) is 0 Å². The summed E-state index contributed by atoms with van der Waals surface area (Å²) in [6.07, 6.45) is -4.13. The molecule has 12 heteroatoms. The Morgan fingerprint density at radius 1 is 0.780 bits per heavy atom. The third kappa shape index (κ3) is 9.21. The van der Waals surface area contributed by atoms with Crippen LogP contribution in [0.15, 0.2) is 91.0 Å². The van der Waals surface area contributed by atoms with Crippen LogP contribution in [0.1, 0.15) is 41.7 Å². The second-order valence-corrected chi connectivity index (χ2v) is 14.4. The van der Waals surface area contributed by atoms with Gasteiger partial charge in [-0.25, -0.2) is 4.98 Å². The van der Waals surface area contributed by atoms with Gasteiger partial charge in [-0.15, -0.1) is 0 Å². The van der Waals surface area contributed by atoms with Gasteiger partial charge in [0.05, 0.1) is 36.0 Å². The van der Waals surface area contributed by atoms with Crippen molar-refractivity contribution in [2.45, 2.75) is 45.9 Å². The van der Waals surface area contributed by atoms with Gasteiger partial charge in [0.25, 0.3) is 0 Å². The number of alkyl halides is 3. The number of nitrogens with zero attached hydrogens (tertiary/aromatic N) is 3. The average Bonchev–Trinajstić information content (AvgIpc) is 3.53. The van der Waals surface area contributed by atoms with E-state index in [0.29, 0.717) is 31.2 Å². The van der Waals surface area contributed by atoms with Crippen LogP contribution >= 0.6 is 7.60 Å². The number of rotatable bonds is 14. The first-order chi connectivity index (χ1) is 24.1. The Hall–Kier alpha value is -3.99. The van der Waals surface area contributed by atoms with Crippen LogP contribution in [-0.2, 0) is 45.6 Å². The van der Waals surface area contributed by atoms with E-state index in [-0.39, 0.29) is 6.16 Å². The zero-order chi connectivity index (χ0) is 35.1. The number of imidazole rings is 1. The lowest BCUT2D eigenvalue weighted by atomic mass is 10.1. The van der Waals surface area contributed by atoms with Crippen LogP contribution in [0.2, 0.25) is 0 Å². The van der Waals surface area contributed by atoms with Crippen molar-refractivity contribution in [3.63, 3.8) is 0 Å². The molecule has 1 aliphatic rings. The van der Waals surface area contributed by atoms with E-state index in [4.69, 9.17) is 13.8 Å². The third-order valence-corrected chi connectivity index (χ3v) is 10.8. The van der Waals surface area contributed by atoms with Gasteiger partial charge < -0.3 is 18.8 Å². The van der Waals surface area contributed by atoms with E-state index in [1.807, 2.05) is 62.4 Å². The van der Waals surface area contributed by atoms with E-state index in [9.17, 15) is 17.7 Å². The molecule has 0 bridgehead atoms. The van der Waals surface area contributed by atoms with Crippen LogP contribution in [-0.4, -0.2) is 59.2 Å². The smallest absolute Gasteiger partial charge is 0.416 e. The normalized spacial score (nSPS) is 14.7. The van der Waals surface area contributed by atoms with Crippen LogP contribution in [0.3, 0.4) is 0 Å². The highest BCUT2D eigenvalue weighted by Gasteiger charge is 2.30. The summed E-state index contributed by atoms with van der Waals surface area (Å²) in [5.74, 6) is 1.41. The monoisotopic (exact) mass is 706 g/mol. The fourth-order valence-corrected chi connectivity index (χ4v) is 7.84. The Morgan fingerprint density at radius 2 is 1.40 bits per heavy atom. The molecular formula is C38H42F3N4O4P. The second-order valence-electron chi connectivity index (χ2n) is 12.4. The first-order valence-electron chi connectivity index (χ1n) is 16.9. The van der Waals surface area contributed by atoms with Crippen molar-refractivity contribution < 1.29 is 31.5 Å². The molecule has 6 rings (SSSR count). The molecule has 0 radical (unpaired) electrons. The summed E-state index contributed by atoms with van der Waals surface area (Å²) in [5, 5.41) is 0. The van der Waals surface area contributed by atoms with E-state index in [2.05, 4.69) is 38.0 Å². The van der Waals surface area contributed by atoms with E-state index in [1.165, 1.54) is 12.1 Å². The number of halogens is 3. The Labute approximate surface area is 290 Å². The van der Waals surface area contributed by atoms with Crippen LogP contribution in [0, 0.1) is 0 Å². The maximum absolute atomic E-state index is 13.0. The lowest BCUT2D eigenvalue weighted by Gasteiger charge is -2.35. The van der Waals surface area contributed by atoms with Gasteiger partial charge in [-0.2, -0.15) is 13.2 Å². The number of para-hydroxylation sites is 1. The number of aromatic nitrogens is 2. The van der Waals surface area contributed by atoms with Gasteiger partial charge in [-0.1, -0.05) is 60.7 Å². The molecule has 1 N–H and O–H groups in total. The van der Waals surface area contributed by atoms with Gasteiger partial charge in [-0.3, -0.25) is 14.4 Å². The molecule has 50 heavy (non-hydrogen) atoms. The first-order valence-corrected chi connectivity index (χ1v) is 18.6. The summed E-state index contributed by atoms with van der Waals surface area (Å²) >= 11 is 0. The average molecular weight is 707 g/mol. The largest absolute Gasteiger partial charge is 0.489 e. The zero-order valence-electron chi connectivity index (χ0n) is 28.3. The molecule has 1 saturated heterocycles. The van der Waals surface area contributed by atoms with Crippen molar-refractivity contribution in [1.29, 1.82) is 0 Å². The fraction of sp³-hybridized carbons (Fsp3) is 0.342. The van der Waals surface area contributed by atoms with Crippen molar-refractivity contribution in [2.24, 2.45) is 0 Å². The highest BCUT2D eigenvalue weighted by molar-refractivity contribution is 7.53. The number of hydrogen-bond donors (Lipinski definition) is 1. The topological polar surface area (TPSA) is 79.9 Å². The van der Waals surface area contributed by atoms with E-state index in [0.717, 1.165) is 90.4 Å². The zero-order valence-corrected chi connectivity index (χ0v) is 29.2. The van der Waals surface area contributed by atoms with Gasteiger partial charge >= 0.3 is 13.8 Å². The lowest BCUT2D eigenvalue weighted by Crippen LogP contribution is -2.45. The molecule has 0 saturated carbocycles. The Kier molecular flexibility index (Phi) is 11.4. The fourth-order valence-electron chi connectivity index (χ4n) is 6.14. The van der Waals surface area contributed by atoms with Gasteiger partial charge in [-0.05, 0) is 60.9 Å². The summed E-state index contributed by atoms with van der Waals surface area (Å²) in [6, 6.07) is 27.2. The molecule has 0 spiro atoms. The standard InChI is InChI=1S/C38H42F3N4O4P/c1-3-48-50(46,49-4-2)27-29-11-9-28(10-12-29)26-47-36-8-6-5-7-32(36)25-45-21-19-44(20-22-45)24-30-13-18-34-35(23-30)43-37(42-34)31-14-16-33(17-15-31)38(39,40)41/h5-18,23H,3-4,19-22,24-27H2,1-2H3,(H,42,43). The molecule has 1 fully saturated rings. The maximum atomic E-state index is 13.0. The minimum absolute atomic E-state index is 0.237. The minimum atomic E-state index is -4.37. The highest BCUT2D eigenvalue weighted by atomic mass is 31.2. The van der Waals surface area contributed by atoms with E-state index >= 15 is 0 Å². The van der Waals surface area contributed by atoms with Gasteiger partial charge in [0.1, 0.15) is 18.2 Å². The highest BCUT2D eigenvalue weighted by Crippen LogP contribution is 2.51. The van der Waals surface area contributed by atoms with Crippen LogP contribution in [0.4, 0.5) is 13.2 Å². The summed E-state index contributed by atoms with van der Waals surface area (Å²) in [6.45, 7) is 10.0. The number of nitrogens with one attached hydrogen (secondary N) is 1. The van der Waals surface area contributed by atoms with E-state index < -0.39 is 19.3 Å². The predicted molar refractivity (Wildman–Crippen MR) is 189 cm³/mol. The number of piperazine rings is 1. The van der Waals surface area contributed by atoms with Gasteiger partial charge in [0, 0.05) is 50.4 Å². The Morgan fingerprint density at radius 3 is 2.06 bits per heavy atom. The van der Waals surface area contributed by atoms with Crippen LogP contribution in [0.5, 0.6) is 5.75 Å². The van der Waals surface area contributed by atoms with Gasteiger partial charge in [0.2, 0.25) is 0 Å². The van der Waals surface area contributed by atoms with Crippen molar-refractivity contribution in [3.8, 4) is 17.1 Å². The summed E-state index contributed by atoms with van der Waals surface area (Å²) in [4.78, 5) is 12.7. The molecule has 2 heterocycles. The minimum Gasteiger partial charge on any atom is -0.489 e. The number of fused-ring (bicyclic) bond motifs is 1. The molecule has 0 unspecified atom stereocenters. The molecule has 1 aromatic heterocycles. The van der Waals surface area contributed by atoms with Crippen molar-refractivity contribution in [1.82, 2.24) is 19.8 Å². The summed E-state index contributed by atoms with van der Waals surface area (Å²) in [7, 11) is -3.16. The quantitative estimate of drug-likeness (QED) is 0.116. The Balaban J connectivity index is 0.997. The Bertz CT molecular complexity index is 1900. The number of ether oxygens (including phenoxy) is 1.